The van der Waals surface area contributed by atoms with Gasteiger partial charge in [-0.15, -0.1) is 0 Å². The molecule has 0 amide bonds. The van der Waals surface area contributed by atoms with E-state index in [2.05, 4.69) is 4.74 Å². The topological polar surface area (TPSA) is 38.5 Å². The van der Waals surface area contributed by atoms with Gasteiger partial charge in [-0.1, -0.05) is 0 Å². The SMILES string of the molecule is COCC1(C(F)(F)F)CCN(N)C1. The van der Waals surface area contributed by atoms with Crippen molar-refractivity contribution in [2.75, 3.05) is 26.8 Å². The van der Waals surface area contributed by atoms with Gasteiger partial charge < -0.3 is 4.74 Å². The highest BCUT2D eigenvalue weighted by atomic mass is 19.4. The van der Waals surface area contributed by atoms with Crippen LogP contribution in [0.15, 0.2) is 0 Å². The van der Waals surface area contributed by atoms with E-state index < -0.39 is 11.6 Å². The zero-order valence-electron chi connectivity index (χ0n) is 7.40. The van der Waals surface area contributed by atoms with Crippen LogP contribution in [0.2, 0.25) is 0 Å². The second-order valence-electron chi connectivity index (χ2n) is 3.43. The number of halogens is 3. The Morgan fingerprint density at radius 1 is 1.54 bits per heavy atom. The Hall–Kier alpha value is -0.330. The van der Waals surface area contributed by atoms with Crippen molar-refractivity contribution >= 4 is 0 Å². The van der Waals surface area contributed by atoms with E-state index in [0.29, 0.717) is 0 Å². The summed E-state index contributed by atoms with van der Waals surface area (Å²) >= 11 is 0. The van der Waals surface area contributed by atoms with Gasteiger partial charge in [0.15, 0.2) is 0 Å². The van der Waals surface area contributed by atoms with Crippen LogP contribution < -0.4 is 5.84 Å². The van der Waals surface area contributed by atoms with Crippen LogP contribution >= 0.6 is 0 Å². The predicted octanol–water partition coefficient (Wildman–Crippen LogP) is 0.761. The maximum atomic E-state index is 12.6. The molecule has 1 atom stereocenters. The zero-order valence-corrected chi connectivity index (χ0v) is 7.40. The lowest BCUT2D eigenvalue weighted by Gasteiger charge is -2.30. The van der Waals surface area contributed by atoms with Gasteiger partial charge >= 0.3 is 6.18 Å². The van der Waals surface area contributed by atoms with Crippen LogP contribution in [0, 0.1) is 5.41 Å². The second-order valence-corrected chi connectivity index (χ2v) is 3.43. The fraction of sp³-hybridized carbons (Fsp3) is 1.00. The van der Waals surface area contributed by atoms with Gasteiger partial charge in [0.25, 0.3) is 0 Å². The highest BCUT2D eigenvalue weighted by Gasteiger charge is 2.57. The minimum Gasteiger partial charge on any atom is -0.384 e. The summed E-state index contributed by atoms with van der Waals surface area (Å²) in [6, 6.07) is 0. The summed E-state index contributed by atoms with van der Waals surface area (Å²) in [6.07, 6.45) is -4.22. The summed E-state index contributed by atoms with van der Waals surface area (Å²) < 4.78 is 42.4. The van der Waals surface area contributed by atoms with E-state index in [9.17, 15) is 13.2 Å². The molecule has 0 aromatic carbocycles. The number of hydrogen-bond acceptors (Lipinski definition) is 3. The third kappa shape index (κ3) is 1.95. The molecule has 78 valence electrons. The third-order valence-corrected chi connectivity index (χ3v) is 2.41. The summed E-state index contributed by atoms with van der Waals surface area (Å²) in [4.78, 5) is 0. The molecule has 1 fully saturated rings. The van der Waals surface area contributed by atoms with Crippen molar-refractivity contribution in [2.45, 2.75) is 12.6 Å². The molecule has 2 N–H and O–H groups in total. The lowest BCUT2D eigenvalue weighted by molar-refractivity contribution is -0.233. The molecule has 1 saturated heterocycles. The molecule has 0 spiro atoms. The Balaban J connectivity index is 2.77. The van der Waals surface area contributed by atoms with Crippen LogP contribution in [0.1, 0.15) is 6.42 Å². The Kier molecular flexibility index (Phi) is 2.84. The summed E-state index contributed by atoms with van der Waals surface area (Å²) in [5, 5.41) is 1.19. The average Bonchev–Trinajstić information content (AvgIpc) is 2.32. The number of alkyl halides is 3. The molecule has 3 nitrogen and oxygen atoms in total. The second kappa shape index (κ2) is 3.43. The van der Waals surface area contributed by atoms with Crippen molar-refractivity contribution in [3.05, 3.63) is 0 Å². The van der Waals surface area contributed by atoms with Crippen LogP contribution in [0.3, 0.4) is 0 Å². The summed E-state index contributed by atoms with van der Waals surface area (Å²) in [7, 11) is 1.27. The highest BCUT2D eigenvalue weighted by molar-refractivity contribution is 4.93. The molecule has 1 rings (SSSR count). The zero-order chi connectivity index (χ0) is 10.1. The number of nitrogens with two attached hydrogens (primary N) is 1. The normalized spacial score (nSPS) is 31.2. The molecule has 6 heteroatoms. The number of nitrogens with zero attached hydrogens (tertiary/aromatic N) is 1. The van der Waals surface area contributed by atoms with Crippen LogP contribution in [0.4, 0.5) is 13.2 Å². The van der Waals surface area contributed by atoms with Gasteiger partial charge in [-0.25, -0.2) is 5.01 Å². The number of hydrogen-bond donors (Lipinski definition) is 1. The molecule has 1 aliphatic rings. The molecule has 0 aromatic rings. The molecule has 1 heterocycles. The van der Waals surface area contributed by atoms with Crippen LogP contribution in [-0.2, 0) is 4.74 Å². The van der Waals surface area contributed by atoms with Gasteiger partial charge in [0.05, 0.1) is 6.61 Å². The fourth-order valence-electron chi connectivity index (χ4n) is 1.61. The van der Waals surface area contributed by atoms with Gasteiger partial charge in [-0.05, 0) is 6.42 Å². The number of rotatable bonds is 2. The van der Waals surface area contributed by atoms with Crippen molar-refractivity contribution in [3.8, 4) is 0 Å². The minimum absolute atomic E-state index is 0.0147. The molecule has 1 aliphatic heterocycles. The fourth-order valence-corrected chi connectivity index (χ4v) is 1.61. The van der Waals surface area contributed by atoms with Gasteiger partial charge in [0.2, 0.25) is 0 Å². The Bertz CT molecular complexity index is 181. The first-order valence-corrected chi connectivity index (χ1v) is 3.97. The van der Waals surface area contributed by atoms with Crippen molar-refractivity contribution in [1.82, 2.24) is 5.01 Å². The Labute approximate surface area is 74.6 Å². The number of methoxy groups -OCH3 is 1. The van der Waals surface area contributed by atoms with E-state index in [1.807, 2.05) is 0 Å². The average molecular weight is 198 g/mol. The van der Waals surface area contributed by atoms with Crippen LogP contribution in [-0.4, -0.2) is 38.0 Å². The maximum absolute atomic E-state index is 12.6. The van der Waals surface area contributed by atoms with Gasteiger partial charge in [0.1, 0.15) is 5.41 Å². The van der Waals surface area contributed by atoms with Crippen molar-refractivity contribution in [2.24, 2.45) is 11.3 Å². The minimum atomic E-state index is -4.24. The number of hydrazine groups is 1. The van der Waals surface area contributed by atoms with Gasteiger partial charge in [0, 0.05) is 20.2 Å². The van der Waals surface area contributed by atoms with Gasteiger partial charge in [-0.3, -0.25) is 5.84 Å². The maximum Gasteiger partial charge on any atom is 0.398 e. The largest absolute Gasteiger partial charge is 0.398 e. The summed E-state index contributed by atoms with van der Waals surface area (Å²) in [6.45, 7) is -0.225. The Morgan fingerprint density at radius 2 is 2.15 bits per heavy atom. The molecule has 0 radical (unpaired) electrons. The van der Waals surface area contributed by atoms with Crippen LogP contribution in [0.5, 0.6) is 0 Å². The van der Waals surface area contributed by atoms with E-state index in [-0.39, 0.29) is 26.1 Å². The predicted molar refractivity (Wildman–Crippen MR) is 40.7 cm³/mol. The van der Waals surface area contributed by atoms with Gasteiger partial charge in [-0.2, -0.15) is 13.2 Å². The lowest BCUT2D eigenvalue weighted by atomic mass is 9.87. The summed E-state index contributed by atoms with van der Waals surface area (Å²) in [5.41, 5.74) is -1.77. The first-order valence-electron chi connectivity index (χ1n) is 3.97. The van der Waals surface area contributed by atoms with Crippen molar-refractivity contribution in [3.63, 3.8) is 0 Å². The monoisotopic (exact) mass is 198 g/mol. The van der Waals surface area contributed by atoms with Crippen molar-refractivity contribution in [1.29, 1.82) is 0 Å². The standard InChI is InChI=1S/C7H13F3N2O/c1-13-5-6(7(8,9)10)2-3-12(11)4-6/h2-5,11H2,1H3. The first-order chi connectivity index (χ1) is 5.91. The molecule has 0 aromatic heterocycles. The molecule has 0 bridgehead atoms. The van der Waals surface area contributed by atoms with Crippen molar-refractivity contribution < 1.29 is 17.9 Å². The smallest absolute Gasteiger partial charge is 0.384 e. The van der Waals surface area contributed by atoms with E-state index in [1.54, 1.807) is 0 Å². The summed E-state index contributed by atoms with van der Waals surface area (Å²) in [5.74, 6) is 5.32. The van der Waals surface area contributed by atoms with Crippen LogP contribution in [0.25, 0.3) is 0 Å². The lowest BCUT2D eigenvalue weighted by Crippen LogP contribution is -2.45. The molecule has 13 heavy (non-hydrogen) atoms. The molecule has 0 aliphatic carbocycles. The first kappa shape index (κ1) is 10.7. The van der Waals surface area contributed by atoms with E-state index >= 15 is 0 Å². The van der Waals surface area contributed by atoms with E-state index in [1.165, 1.54) is 12.1 Å². The molecular weight excluding hydrogens is 185 g/mol. The molecular formula is C7H13F3N2O. The molecule has 0 saturated carbocycles. The quantitative estimate of drug-likeness (QED) is 0.666. The molecule has 1 unspecified atom stereocenters. The highest BCUT2D eigenvalue weighted by Crippen LogP contribution is 2.44. The van der Waals surface area contributed by atoms with E-state index in [0.717, 1.165) is 0 Å². The Morgan fingerprint density at radius 3 is 2.46 bits per heavy atom. The number of ether oxygens (including phenoxy) is 1. The van der Waals surface area contributed by atoms with E-state index in [4.69, 9.17) is 5.84 Å². The third-order valence-electron chi connectivity index (χ3n) is 2.41.